The molecule has 0 bridgehead atoms. The number of carbonyl (C=O) groups is 3. The van der Waals surface area contributed by atoms with Gasteiger partial charge in [0, 0.05) is 24.9 Å². The fourth-order valence-corrected chi connectivity index (χ4v) is 4.33. The molecule has 3 N–H and O–H groups in total. The zero-order chi connectivity index (χ0) is 25.0. The molecule has 0 saturated carbocycles. The molecule has 8 heteroatoms. The Morgan fingerprint density at radius 2 is 1.66 bits per heavy atom. The molecule has 35 heavy (non-hydrogen) atoms. The number of hydrogen-bond donors (Lipinski definition) is 3. The lowest BCUT2D eigenvalue weighted by Crippen LogP contribution is -2.37. The van der Waals surface area contributed by atoms with E-state index >= 15 is 0 Å². The fraction of sp³-hybridized carbons (Fsp3) is 0.444. The predicted molar refractivity (Wildman–Crippen MR) is 132 cm³/mol. The minimum absolute atomic E-state index is 0.00481. The van der Waals surface area contributed by atoms with Crippen molar-refractivity contribution in [3.05, 3.63) is 59.7 Å². The van der Waals surface area contributed by atoms with Gasteiger partial charge in [-0.2, -0.15) is 0 Å². The zero-order valence-electron chi connectivity index (χ0n) is 20.1. The van der Waals surface area contributed by atoms with Crippen molar-refractivity contribution >= 4 is 18.0 Å². The number of unbranched alkanes of at least 4 members (excludes halogenated alkanes) is 1. The van der Waals surface area contributed by atoms with Gasteiger partial charge in [-0.1, -0.05) is 68.3 Å². The van der Waals surface area contributed by atoms with Gasteiger partial charge in [0.25, 0.3) is 0 Å². The highest BCUT2D eigenvalue weighted by Crippen LogP contribution is 2.44. The van der Waals surface area contributed by atoms with Crippen LogP contribution in [0, 0.1) is 0 Å². The number of amides is 2. The number of alkyl carbamates (subject to hydrolysis) is 1. The quantitative estimate of drug-likeness (QED) is 0.350. The number of rotatable bonds is 14. The number of aliphatic carboxylic acids is 1. The first kappa shape index (κ1) is 26.2. The number of carboxylic acids is 1. The normalized spacial score (nSPS) is 12.9. The van der Waals surface area contributed by atoms with Crippen LogP contribution >= 0.6 is 0 Å². The number of ether oxygens (including phenoxy) is 2. The van der Waals surface area contributed by atoms with Crippen molar-refractivity contribution in [2.75, 3.05) is 26.4 Å². The minimum Gasteiger partial charge on any atom is -0.481 e. The molecule has 1 aliphatic carbocycles. The van der Waals surface area contributed by atoms with Crippen LogP contribution < -0.4 is 10.6 Å². The van der Waals surface area contributed by atoms with Gasteiger partial charge in [-0.3, -0.25) is 9.59 Å². The molecule has 2 aromatic carbocycles. The van der Waals surface area contributed by atoms with Gasteiger partial charge in [0.05, 0.1) is 19.6 Å². The molecular weight excluding hydrogens is 448 g/mol. The lowest BCUT2D eigenvalue weighted by atomic mass is 9.98. The first-order valence-corrected chi connectivity index (χ1v) is 12.2. The highest BCUT2D eigenvalue weighted by Gasteiger charge is 2.28. The van der Waals surface area contributed by atoms with Crippen molar-refractivity contribution in [2.24, 2.45) is 0 Å². The second-order valence-corrected chi connectivity index (χ2v) is 8.62. The molecule has 2 aromatic rings. The van der Waals surface area contributed by atoms with E-state index in [0.29, 0.717) is 6.42 Å². The standard InChI is InChI=1S/C27H34N2O6/c1-2-3-8-19(17-26(31)32)29-25(30)13-15-34-16-14-28-27(33)35-18-24-22-11-6-4-9-20(22)21-10-5-7-12-23(21)24/h4-7,9-12,19,24H,2-3,8,13-18H2,1H3,(H,28,33)(H,29,30)(H,31,32)/t19-/m1/s1. The van der Waals surface area contributed by atoms with Crippen LogP contribution in [-0.2, 0) is 19.1 Å². The molecule has 1 aliphatic rings. The van der Waals surface area contributed by atoms with Gasteiger partial charge in [0.1, 0.15) is 6.61 Å². The lowest BCUT2D eigenvalue weighted by molar-refractivity contribution is -0.137. The molecule has 0 aromatic heterocycles. The van der Waals surface area contributed by atoms with Crippen LogP contribution in [0.3, 0.4) is 0 Å². The number of hydrogen-bond acceptors (Lipinski definition) is 5. The minimum atomic E-state index is -0.929. The molecule has 1 atom stereocenters. The van der Waals surface area contributed by atoms with Crippen LogP contribution in [-0.4, -0.2) is 55.5 Å². The van der Waals surface area contributed by atoms with Gasteiger partial charge >= 0.3 is 12.1 Å². The van der Waals surface area contributed by atoms with Crippen LogP contribution in [0.25, 0.3) is 11.1 Å². The summed E-state index contributed by atoms with van der Waals surface area (Å²) in [5, 5.41) is 14.4. The van der Waals surface area contributed by atoms with Crippen LogP contribution in [0.2, 0.25) is 0 Å². The number of nitrogens with one attached hydrogen (secondary N) is 2. The third-order valence-corrected chi connectivity index (χ3v) is 6.03. The second kappa shape index (κ2) is 13.5. The van der Waals surface area contributed by atoms with E-state index in [0.717, 1.165) is 24.0 Å². The predicted octanol–water partition coefficient (Wildman–Crippen LogP) is 4.08. The molecule has 188 valence electrons. The Hall–Kier alpha value is -3.39. The molecule has 0 unspecified atom stereocenters. The van der Waals surface area contributed by atoms with Gasteiger partial charge in [-0.15, -0.1) is 0 Å². The monoisotopic (exact) mass is 482 g/mol. The molecule has 0 heterocycles. The van der Waals surface area contributed by atoms with Crippen LogP contribution in [0.15, 0.2) is 48.5 Å². The average molecular weight is 483 g/mol. The highest BCUT2D eigenvalue weighted by molar-refractivity contribution is 5.79. The largest absolute Gasteiger partial charge is 0.481 e. The van der Waals surface area contributed by atoms with Crippen LogP contribution in [0.4, 0.5) is 4.79 Å². The third-order valence-electron chi connectivity index (χ3n) is 6.03. The average Bonchev–Trinajstić information content (AvgIpc) is 3.16. The van der Waals surface area contributed by atoms with E-state index in [1.54, 1.807) is 0 Å². The molecule has 0 saturated heterocycles. The Balaban J connectivity index is 1.32. The number of benzene rings is 2. The number of carbonyl (C=O) groups excluding carboxylic acids is 2. The van der Waals surface area contributed by atoms with Crippen molar-refractivity contribution in [2.45, 2.75) is 51.0 Å². The summed E-state index contributed by atoms with van der Waals surface area (Å²) >= 11 is 0. The molecule has 0 aliphatic heterocycles. The summed E-state index contributed by atoms with van der Waals surface area (Å²) in [7, 11) is 0. The lowest BCUT2D eigenvalue weighted by Gasteiger charge is -2.16. The van der Waals surface area contributed by atoms with E-state index < -0.39 is 12.1 Å². The Morgan fingerprint density at radius 1 is 1.00 bits per heavy atom. The smallest absolute Gasteiger partial charge is 0.407 e. The van der Waals surface area contributed by atoms with Gasteiger partial charge in [0.2, 0.25) is 5.91 Å². The Labute approximate surface area is 206 Å². The molecule has 2 amide bonds. The molecular formula is C27H34N2O6. The van der Waals surface area contributed by atoms with E-state index in [-0.39, 0.29) is 57.1 Å². The van der Waals surface area contributed by atoms with Crippen LogP contribution in [0.1, 0.15) is 56.1 Å². The van der Waals surface area contributed by atoms with Crippen molar-refractivity contribution < 1.29 is 29.0 Å². The second-order valence-electron chi connectivity index (χ2n) is 8.62. The summed E-state index contributed by atoms with van der Waals surface area (Å²) in [5.41, 5.74) is 4.66. The number of fused-ring (bicyclic) bond motifs is 3. The van der Waals surface area contributed by atoms with Crippen molar-refractivity contribution in [3.8, 4) is 11.1 Å². The fourth-order valence-electron chi connectivity index (χ4n) is 4.33. The van der Waals surface area contributed by atoms with Gasteiger partial charge in [0.15, 0.2) is 0 Å². The summed E-state index contributed by atoms with van der Waals surface area (Å²) in [6, 6.07) is 16.0. The molecule has 0 radical (unpaired) electrons. The zero-order valence-corrected chi connectivity index (χ0v) is 20.1. The van der Waals surface area contributed by atoms with E-state index in [2.05, 4.69) is 34.9 Å². The SMILES string of the molecule is CCCC[C@H](CC(=O)O)NC(=O)CCOCCNC(=O)OCC1c2ccccc2-c2ccccc21. The first-order valence-electron chi connectivity index (χ1n) is 12.2. The van der Waals surface area contributed by atoms with Crippen molar-refractivity contribution in [1.29, 1.82) is 0 Å². The maximum atomic E-state index is 12.2. The summed E-state index contributed by atoms with van der Waals surface area (Å²) in [6.45, 7) is 2.95. The topological polar surface area (TPSA) is 114 Å². The summed E-state index contributed by atoms with van der Waals surface area (Å²) in [5.74, 6) is -1.16. The van der Waals surface area contributed by atoms with Crippen molar-refractivity contribution in [1.82, 2.24) is 10.6 Å². The maximum absolute atomic E-state index is 12.2. The maximum Gasteiger partial charge on any atom is 0.407 e. The first-order chi connectivity index (χ1) is 17.0. The van der Waals surface area contributed by atoms with Crippen molar-refractivity contribution in [3.63, 3.8) is 0 Å². The molecule has 0 spiro atoms. The number of carboxylic acid groups (broad SMARTS) is 1. The summed E-state index contributed by atoms with van der Waals surface area (Å²) < 4.78 is 10.9. The molecule has 3 rings (SSSR count). The highest BCUT2D eigenvalue weighted by atomic mass is 16.5. The Bertz CT molecular complexity index is 963. The van der Waals surface area contributed by atoms with E-state index in [9.17, 15) is 14.4 Å². The van der Waals surface area contributed by atoms with E-state index in [4.69, 9.17) is 14.6 Å². The van der Waals surface area contributed by atoms with E-state index in [1.165, 1.54) is 11.1 Å². The van der Waals surface area contributed by atoms with E-state index in [1.807, 2.05) is 31.2 Å². The molecule has 8 nitrogen and oxygen atoms in total. The third kappa shape index (κ3) is 7.82. The van der Waals surface area contributed by atoms with Gasteiger partial charge < -0.3 is 25.2 Å². The molecule has 0 fully saturated rings. The van der Waals surface area contributed by atoms with Crippen LogP contribution in [0.5, 0.6) is 0 Å². The summed E-state index contributed by atoms with van der Waals surface area (Å²) in [4.78, 5) is 35.2. The summed E-state index contributed by atoms with van der Waals surface area (Å²) in [6.07, 6.45) is 1.96. The Morgan fingerprint density at radius 3 is 2.29 bits per heavy atom. The Kier molecular flexibility index (Phi) is 10.1. The van der Waals surface area contributed by atoms with Gasteiger partial charge in [-0.25, -0.2) is 4.79 Å². The van der Waals surface area contributed by atoms with Gasteiger partial charge in [-0.05, 0) is 28.7 Å².